The van der Waals surface area contributed by atoms with E-state index in [1.165, 1.54) is 32.1 Å². The largest absolute Gasteiger partial charge is 0.444 e. The zero-order valence-electron chi connectivity index (χ0n) is 15.1. The highest BCUT2D eigenvalue weighted by Gasteiger charge is 2.29. The van der Waals surface area contributed by atoms with Gasteiger partial charge in [0.25, 0.3) is 0 Å². The molecule has 1 N–H and O–H groups in total. The van der Waals surface area contributed by atoms with Crippen molar-refractivity contribution in [3.63, 3.8) is 0 Å². The summed E-state index contributed by atoms with van der Waals surface area (Å²) in [5, 5.41) is 3.54. The van der Waals surface area contributed by atoms with E-state index in [0.717, 1.165) is 39.1 Å². The summed E-state index contributed by atoms with van der Waals surface area (Å²) < 4.78 is 11.4. The van der Waals surface area contributed by atoms with Gasteiger partial charge in [-0.25, -0.2) is 4.79 Å². The van der Waals surface area contributed by atoms with Crippen molar-refractivity contribution in [2.45, 2.75) is 83.5 Å². The summed E-state index contributed by atoms with van der Waals surface area (Å²) in [7, 11) is 0. The van der Waals surface area contributed by atoms with Gasteiger partial charge in [-0.3, -0.25) is 0 Å². The van der Waals surface area contributed by atoms with Gasteiger partial charge in [-0.1, -0.05) is 19.3 Å². The van der Waals surface area contributed by atoms with Crippen molar-refractivity contribution < 1.29 is 14.3 Å². The third kappa shape index (κ3) is 7.08. The van der Waals surface area contributed by atoms with Gasteiger partial charge in [0.2, 0.25) is 0 Å². The topological polar surface area (TPSA) is 50.8 Å². The van der Waals surface area contributed by atoms with E-state index in [2.05, 4.69) is 5.32 Å². The molecule has 134 valence electrons. The van der Waals surface area contributed by atoms with Gasteiger partial charge in [-0.2, -0.15) is 0 Å². The monoisotopic (exact) mass is 326 g/mol. The molecule has 1 aliphatic carbocycles. The number of hydrogen-bond acceptors (Lipinski definition) is 4. The second-order valence-electron chi connectivity index (χ2n) is 7.85. The first kappa shape index (κ1) is 18.5. The summed E-state index contributed by atoms with van der Waals surface area (Å²) in [6, 6.07) is 0.386. The Morgan fingerprint density at radius 2 is 1.91 bits per heavy atom. The molecule has 5 nitrogen and oxygen atoms in total. The zero-order valence-corrected chi connectivity index (χ0v) is 15.1. The summed E-state index contributed by atoms with van der Waals surface area (Å²) in [5.74, 6) is 0. The lowest BCUT2D eigenvalue weighted by atomic mass is 9.98. The standard InChI is InChI=1S/C18H34N2O3/c1-18(2,3)23-17(21)20-12-10-15(14-20)19-11-7-13-22-16-8-5-4-6-9-16/h15-16,19H,4-14H2,1-3H3. The molecule has 0 aromatic rings. The first-order chi connectivity index (χ1) is 10.9. The van der Waals surface area contributed by atoms with Crippen LogP contribution in [0.25, 0.3) is 0 Å². The average molecular weight is 326 g/mol. The highest BCUT2D eigenvalue weighted by atomic mass is 16.6. The fourth-order valence-corrected chi connectivity index (χ4v) is 3.28. The third-order valence-corrected chi connectivity index (χ3v) is 4.50. The first-order valence-electron chi connectivity index (χ1n) is 9.27. The van der Waals surface area contributed by atoms with Crippen molar-refractivity contribution in [3.05, 3.63) is 0 Å². The molecule has 23 heavy (non-hydrogen) atoms. The highest BCUT2D eigenvalue weighted by molar-refractivity contribution is 5.68. The molecule has 0 spiro atoms. The Bertz CT molecular complexity index is 362. The van der Waals surface area contributed by atoms with Crippen LogP contribution in [0.2, 0.25) is 0 Å². The SMILES string of the molecule is CC(C)(C)OC(=O)N1CCC(NCCCOC2CCCCC2)C1. The van der Waals surface area contributed by atoms with Gasteiger partial charge < -0.3 is 19.7 Å². The lowest BCUT2D eigenvalue weighted by Gasteiger charge is -2.24. The number of likely N-dealkylation sites (tertiary alicyclic amines) is 1. The fourth-order valence-electron chi connectivity index (χ4n) is 3.28. The Labute approximate surface area is 141 Å². The minimum atomic E-state index is -0.418. The van der Waals surface area contributed by atoms with Gasteiger partial charge in [0.1, 0.15) is 5.60 Å². The molecule has 1 saturated heterocycles. The maximum absolute atomic E-state index is 12.0. The second-order valence-corrected chi connectivity index (χ2v) is 7.85. The Balaban J connectivity index is 1.52. The molecule has 1 aliphatic heterocycles. The van der Waals surface area contributed by atoms with E-state index in [-0.39, 0.29) is 6.09 Å². The van der Waals surface area contributed by atoms with Gasteiger partial charge in [-0.05, 0) is 53.0 Å². The van der Waals surface area contributed by atoms with Crippen molar-refractivity contribution in [2.24, 2.45) is 0 Å². The van der Waals surface area contributed by atoms with E-state index in [1.807, 2.05) is 20.8 Å². The van der Waals surface area contributed by atoms with Crippen molar-refractivity contribution in [2.75, 3.05) is 26.2 Å². The molecule has 0 radical (unpaired) electrons. The minimum absolute atomic E-state index is 0.192. The number of carbonyl (C=O) groups excluding carboxylic acids is 1. The molecule has 1 atom stereocenters. The van der Waals surface area contributed by atoms with E-state index in [0.29, 0.717) is 12.1 Å². The predicted octanol–water partition coefficient (Wildman–Crippen LogP) is 3.32. The van der Waals surface area contributed by atoms with E-state index in [9.17, 15) is 4.79 Å². The van der Waals surface area contributed by atoms with Crippen LogP contribution in [0, 0.1) is 0 Å². The number of rotatable bonds is 6. The van der Waals surface area contributed by atoms with Crippen LogP contribution in [0.1, 0.15) is 65.7 Å². The van der Waals surface area contributed by atoms with Crippen molar-refractivity contribution in [1.82, 2.24) is 10.2 Å². The van der Waals surface area contributed by atoms with Gasteiger partial charge in [0.15, 0.2) is 0 Å². The Morgan fingerprint density at radius 1 is 1.17 bits per heavy atom. The number of hydrogen-bond donors (Lipinski definition) is 1. The van der Waals surface area contributed by atoms with Crippen LogP contribution in [0.15, 0.2) is 0 Å². The summed E-state index contributed by atoms with van der Waals surface area (Å²) in [6.45, 7) is 9.05. The molecule has 2 rings (SSSR count). The fraction of sp³-hybridized carbons (Fsp3) is 0.944. The van der Waals surface area contributed by atoms with Crippen LogP contribution in [-0.4, -0.2) is 55.0 Å². The Kier molecular flexibility index (Phi) is 7.15. The third-order valence-electron chi connectivity index (χ3n) is 4.50. The molecular formula is C18H34N2O3. The number of nitrogens with one attached hydrogen (secondary N) is 1. The smallest absolute Gasteiger partial charge is 0.410 e. The van der Waals surface area contributed by atoms with Gasteiger partial charge in [0.05, 0.1) is 6.10 Å². The van der Waals surface area contributed by atoms with E-state index >= 15 is 0 Å². The number of nitrogens with zero attached hydrogens (tertiary/aromatic N) is 1. The number of ether oxygens (including phenoxy) is 2. The number of amides is 1. The Morgan fingerprint density at radius 3 is 2.61 bits per heavy atom. The molecule has 0 aromatic heterocycles. The molecule has 5 heteroatoms. The first-order valence-corrected chi connectivity index (χ1v) is 9.27. The molecule has 0 aromatic carbocycles. The maximum Gasteiger partial charge on any atom is 0.410 e. The van der Waals surface area contributed by atoms with Crippen molar-refractivity contribution >= 4 is 6.09 Å². The zero-order chi connectivity index (χ0) is 16.7. The quantitative estimate of drug-likeness (QED) is 0.761. The summed E-state index contributed by atoms with van der Waals surface area (Å²) in [6.07, 6.45) is 8.85. The number of carbonyl (C=O) groups is 1. The predicted molar refractivity (Wildman–Crippen MR) is 91.7 cm³/mol. The average Bonchev–Trinajstić information content (AvgIpc) is 2.95. The summed E-state index contributed by atoms with van der Waals surface area (Å²) in [4.78, 5) is 13.8. The molecule has 1 saturated carbocycles. The van der Waals surface area contributed by atoms with Crippen LogP contribution < -0.4 is 5.32 Å². The van der Waals surface area contributed by atoms with Crippen molar-refractivity contribution in [3.8, 4) is 0 Å². The summed E-state index contributed by atoms with van der Waals surface area (Å²) >= 11 is 0. The molecule has 1 heterocycles. The molecule has 1 unspecified atom stereocenters. The van der Waals surface area contributed by atoms with Crippen LogP contribution >= 0.6 is 0 Å². The van der Waals surface area contributed by atoms with Gasteiger partial charge in [-0.15, -0.1) is 0 Å². The van der Waals surface area contributed by atoms with E-state index in [4.69, 9.17) is 9.47 Å². The van der Waals surface area contributed by atoms with Gasteiger partial charge >= 0.3 is 6.09 Å². The van der Waals surface area contributed by atoms with Crippen LogP contribution in [0.3, 0.4) is 0 Å². The normalized spacial score (nSPS) is 23.3. The molecule has 2 fully saturated rings. The van der Waals surface area contributed by atoms with E-state index < -0.39 is 5.60 Å². The van der Waals surface area contributed by atoms with Crippen LogP contribution in [0.4, 0.5) is 4.79 Å². The lowest BCUT2D eigenvalue weighted by Crippen LogP contribution is -2.38. The Hall–Kier alpha value is -0.810. The van der Waals surface area contributed by atoms with Gasteiger partial charge in [0, 0.05) is 25.7 Å². The van der Waals surface area contributed by atoms with E-state index in [1.54, 1.807) is 4.90 Å². The van der Waals surface area contributed by atoms with Crippen LogP contribution in [0.5, 0.6) is 0 Å². The highest BCUT2D eigenvalue weighted by Crippen LogP contribution is 2.20. The molecule has 2 aliphatic rings. The maximum atomic E-state index is 12.0. The molecule has 1 amide bonds. The van der Waals surface area contributed by atoms with Crippen LogP contribution in [-0.2, 0) is 9.47 Å². The minimum Gasteiger partial charge on any atom is -0.444 e. The second kappa shape index (κ2) is 8.88. The lowest BCUT2D eigenvalue weighted by molar-refractivity contribution is 0.0262. The summed E-state index contributed by atoms with van der Waals surface area (Å²) in [5.41, 5.74) is -0.418. The molecular weight excluding hydrogens is 292 g/mol. The van der Waals surface area contributed by atoms with Crippen molar-refractivity contribution in [1.29, 1.82) is 0 Å². The molecule has 0 bridgehead atoms.